The number of phenolic OH excluding ortho intramolecular Hbond substituents is 2. The molecule has 0 heterocycles. The van der Waals surface area contributed by atoms with Gasteiger partial charge in [-0.15, -0.1) is 0 Å². The number of halogens is 3. The van der Waals surface area contributed by atoms with Crippen molar-refractivity contribution >= 4 is 22.6 Å². The first-order chi connectivity index (χ1) is 11.8. The highest BCUT2D eigenvalue weighted by Crippen LogP contribution is 2.29. The van der Waals surface area contributed by atoms with E-state index in [4.69, 9.17) is 0 Å². The number of unbranched alkanes of at least 4 members (excludes halogenated alkanes) is 1. The van der Waals surface area contributed by atoms with E-state index < -0.39 is 5.82 Å². The minimum absolute atomic E-state index is 0.0425. The summed E-state index contributed by atoms with van der Waals surface area (Å²) in [5.41, 5.74) is 1.54. The Bertz CT molecular complexity index is 753. The first kappa shape index (κ1) is 19.9. The van der Waals surface area contributed by atoms with E-state index >= 15 is 0 Å². The summed E-state index contributed by atoms with van der Waals surface area (Å²) in [4.78, 5) is 1.79. The maximum Gasteiger partial charge on any atom is 0.133 e. The third-order valence-corrected chi connectivity index (χ3v) is 4.84. The summed E-state index contributed by atoms with van der Waals surface area (Å²) in [5.74, 6) is -0.641. The lowest BCUT2D eigenvalue weighted by Crippen LogP contribution is -2.18. The molecule has 0 aliphatic heterocycles. The Morgan fingerprint density at radius 3 is 2.04 bits per heavy atom. The van der Waals surface area contributed by atoms with Crippen molar-refractivity contribution in [3.8, 4) is 11.5 Å². The van der Waals surface area contributed by atoms with Crippen LogP contribution in [0.3, 0.4) is 0 Å². The van der Waals surface area contributed by atoms with Crippen LogP contribution in [0.5, 0.6) is 11.5 Å². The minimum atomic E-state index is -0.416. The molecule has 0 aliphatic carbocycles. The Balaban J connectivity index is 2.18. The van der Waals surface area contributed by atoms with Gasteiger partial charge in [0.15, 0.2) is 0 Å². The molecule has 0 radical (unpaired) electrons. The van der Waals surface area contributed by atoms with Crippen molar-refractivity contribution in [1.29, 1.82) is 0 Å². The molecule has 0 bridgehead atoms. The molecule has 0 aromatic heterocycles. The Morgan fingerprint density at radius 1 is 0.920 bits per heavy atom. The van der Waals surface area contributed by atoms with Crippen LogP contribution < -0.4 is 0 Å². The second-order valence-corrected chi connectivity index (χ2v) is 7.41. The molecule has 3 nitrogen and oxygen atoms in total. The first-order valence-electron chi connectivity index (χ1n) is 8.17. The van der Waals surface area contributed by atoms with Crippen LogP contribution in [0.25, 0.3) is 0 Å². The van der Waals surface area contributed by atoms with Crippen LogP contribution in [-0.2, 0) is 19.5 Å². The molecule has 0 atom stereocenters. The van der Waals surface area contributed by atoms with E-state index in [-0.39, 0.29) is 30.4 Å². The molecule has 0 aliphatic rings. The highest BCUT2D eigenvalue weighted by Gasteiger charge is 2.15. The zero-order valence-corrected chi connectivity index (χ0v) is 16.5. The topological polar surface area (TPSA) is 43.7 Å². The molecule has 0 fully saturated rings. The van der Waals surface area contributed by atoms with Gasteiger partial charge in [0.05, 0.1) is 3.57 Å². The SMILES string of the molecule is CCCCc1cc(F)cc(CN(C)Cc2cc(F)cc(I)c2O)c1O. The van der Waals surface area contributed by atoms with Crippen molar-refractivity contribution in [2.24, 2.45) is 0 Å². The molecule has 25 heavy (non-hydrogen) atoms. The van der Waals surface area contributed by atoms with Crippen molar-refractivity contribution in [2.45, 2.75) is 39.3 Å². The van der Waals surface area contributed by atoms with Gasteiger partial charge in [-0.1, -0.05) is 13.3 Å². The maximum absolute atomic E-state index is 13.9. The van der Waals surface area contributed by atoms with Crippen molar-refractivity contribution in [3.63, 3.8) is 0 Å². The van der Waals surface area contributed by atoms with Gasteiger partial charge in [0, 0.05) is 24.2 Å². The molecule has 2 aromatic rings. The monoisotopic (exact) mass is 461 g/mol. The molecule has 2 aromatic carbocycles. The lowest BCUT2D eigenvalue weighted by Gasteiger charge is -2.20. The number of nitrogens with zero attached hydrogens (tertiary/aromatic N) is 1. The van der Waals surface area contributed by atoms with Gasteiger partial charge in [0.1, 0.15) is 23.1 Å². The van der Waals surface area contributed by atoms with Gasteiger partial charge >= 0.3 is 0 Å². The largest absolute Gasteiger partial charge is 0.507 e. The molecule has 0 saturated heterocycles. The van der Waals surface area contributed by atoms with E-state index in [0.29, 0.717) is 26.7 Å². The van der Waals surface area contributed by atoms with Gasteiger partial charge in [-0.05, 0) is 72.3 Å². The number of phenols is 2. The summed E-state index contributed by atoms with van der Waals surface area (Å²) < 4.78 is 27.9. The van der Waals surface area contributed by atoms with Gasteiger partial charge in [-0.25, -0.2) is 8.78 Å². The third kappa shape index (κ3) is 5.28. The van der Waals surface area contributed by atoms with Gasteiger partial charge in [0.25, 0.3) is 0 Å². The summed E-state index contributed by atoms with van der Waals surface area (Å²) in [6, 6.07) is 5.23. The summed E-state index contributed by atoms with van der Waals surface area (Å²) in [6.45, 7) is 2.60. The fourth-order valence-corrected chi connectivity index (χ4v) is 3.42. The van der Waals surface area contributed by atoms with Gasteiger partial charge in [0.2, 0.25) is 0 Å². The van der Waals surface area contributed by atoms with Gasteiger partial charge < -0.3 is 10.2 Å². The van der Waals surface area contributed by atoms with Crippen molar-refractivity contribution in [1.82, 2.24) is 4.90 Å². The van der Waals surface area contributed by atoms with Crippen molar-refractivity contribution < 1.29 is 19.0 Å². The van der Waals surface area contributed by atoms with Crippen LogP contribution >= 0.6 is 22.6 Å². The van der Waals surface area contributed by atoms with E-state index in [1.54, 1.807) is 11.9 Å². The molecular weight excluding hydrogens is 439 g/mol. The maximum atomic E-state index is 13.9. The third-order valence-electron chi connectivity index (χ3n) is 4.02. The van der Waals surface area contributed by atoms with Crippen LogP contribution in [-0.4, -0.2) is 22.2 Å². The molecule has 0 amide bonds. The Kier molecular flexibility index (Phi) is 7.01. The van der Waals surface area contributed by atoms with Gasteiger partial charge in [-0.2, -0.15) is 0 Å². The summed E-state index contributed by atoms with van der Waals surface area (Å²) in [5, 5.41) is 20.5. The quantitative estimate of drug-likeness (QED) is 0.574. The molecule has 136 valence electrons. The molecule has 6 heteroatoms. The average molecular weight is 461 g/mol. The summed E-state index contributed by atoms with van der Waals surface area (Å²) >= 11 is 1.87. The van der Waals surface area contributed by atoms with Crippen LogP contribution in [0.1, 0.15) is 36.5 Å². The minimum Gasteiger partial charge on any atom is -0.507 e. The molecule has 0 spiro atoms. The normalized spacial score (nSPS) is 11.3. The predicted octanol–water partition coefficient (Wildman–Crippen LogP) is 4.96. The standard InChI is InChI=1S/C19H22F2INO2/c1-3-4-5-12-6-15(20)7-13(18(12)24)10-23(2)11-14-8-16(21)9-17(22)19(14)25/h6-9,24-25H,3-5,10-11H2,1-2H3. The van der Waals surface area contributed by atoms with Crippen molar-refractivity contribution in [2.75, 3.05) is 7.05 Å². The van der Waals surface area contributed by atoms with Crippen LogP contribution in [0.15, 0.2) is 24.3 Å². The number of rotatable bonds is 7. The number of aromatic hydroxyl groups is 2. The van der Waals surface area contributed by atoms with E-state index in [9.17, 15) is 19.0 Å². The predicted molar refractivity (Wildman–Crippen MR) is 103 cm³/mol. The van der Waals surface area contributed by atoms with E-state index in [2.05, 4.69) is 0 Å². The number of aryl methyl sites for hydroxylation is 1. The highest BCUT2D eigenvalue weighted by atomic mass is 127. The summed E-state index contributed by atoms with van der Waals surface area (Å²) in [6.07, 6.45) is 2.46. The fourth-order valence-electron chi connectivity index (χ4n) is 2.77. The zero-order chi connectivity index (χ0) is 18.6. The lowest BCUT2D eigenvalue weighted by atomic mass is 10.0. The number of benzene rings is 2. The molecular formula is C19H22F2INO2. The Labute approximate surface area is 160 Å². The van der Waals surface area contributed by atoms with Crippen LogP contribution in [0.4, 0.5) is 8.78 Å². The molecule has 0 unspecified atom stereocenters. The lowest BCUT2D eigenvalue weighted by molar-refractivity contribution is 0.304. The summed E-state index contributed by atoms with van der Waals surface area (Å²) in [7, 11) is 1.77. The first-order valence-corrected chi connectivity index (χ1v) is 9.25. The van der Waals surface area contributed by atoms with Crippen molar-refractivity contribution in [3.05, 3.63) is 56.2 Å². The highest BCUT2D eigenvalue weighted by molar-refractivity contribution is 14.1. The Morgan fingerprint density at radius 2 is 1.44 bits per heavy atom. The fraction of sp³-hybridized carbons (Fsp3) is 0.368. The van der Waals surface area contributed by atoms with Crippen LogP contribution in [0, 0.1) is 15.2 Å². The van der Waals surface area contributed by atoms with Gasteiger partial charge in [-0.3, -0.25) is 4.90 Å². The van der Waals surface area contributed by atoms with E-state index in [0.717, 1.165) is 12.8 Å². The smallest absolute Gasteiger partial charge is 0.133 e. The number of hydrogen-bond donors (Lipinski definition) is 2. The van der Waals surface area contributed by atoms with E-state index in [1.807, 2.05) is 29.5 Å². The second kappa shape index (κ2) is 8.80. The molecule has 2 N–H and O–H groups in total. The zero-order valence-electron chi connectivity index (χ0n) is 14.3. The average Bonchev–Trinajstić information content (AvgIpc) is 2.53. The van der Waals surface area contributed by atoms with Crippen LogP contribution in [0.2, 0.25) is 0 Å². The second-order valence-electron chi connectivity index (χ2n) is 6.24. The molecule has 2 rings (SSSR count). The Hall–Kier alpha value is -1.41. The van der Waals surface area contributed by atoms with E-state index in [1.165, 1.54) is 24.3 Å². The molecule has 0 saturated carbocycles. The number of hydrogen-bond acceptors (Lipinski definition) is 3.